The average Bonchev–Trinajstić information content (AvgIpc) is 2.20. The topological polar surface area (TPSA) is 71.8 Å². The van der Waals surface area contributed by atoms with Crippen LogP contribution in [0.4, 0.5) is 0 Å². The zero-order chi connectivity index (χ0) is 9.68. The molecule has 0 saturated heterocycles. The SMILES string of the molecule is COC(=O)/C(=N/O)c1ccccn1. The smallest absolute Gasteiger partial charge is 0.362 e. The molecule has 0 saturated carbocycles. The second-order valence-electron chi connectivity index (χ2n) is 2.16. The first-order valence-electron chi connectivity index (χ1n) is 3.51. The third-order valence-corrected chi connectivity index (χ3v) is 1.39. The maximum Gasteiger partial charge on any atom is 0.362 e. The number of nitrogens with zero attached hydrogens (tertiary/aromatic N) is 2. The number of rotatable bonds is 2. The molecule has 1 aromatic rings. The summed E-state index contributed by atoms with van der Waals surface area (Å²) in [5.74, 6) is -0.721. The monoisotopic (exact) mass is 180 g/mol. The molecule has 0 spiro atoms. The predicted octanol–water partition coefficient (Wildman–Crippen LogP) is 0.433. The van der Waals surface area contributed by atoms with E-state index in [9.17, 15) is 4.79 Å². The van der Waals surface area contributed by atoms with Crippen molar-refractivity contribution in [3.05, 3.63) is 30.1 Å². The highest BCUT2D eigenvalue weighted by Gasteiger charge is 2.15. The molecule has 1 N–H and O–H groups in total. The van der Waals surface area contributed by atoms with Gasteiger partial charge in [0.1, 0.15) is 0 Å². The predicted molar refractivity (Wildman–Crippen MR) is 44.6 cm³/mol. The summed E-state index contributed by atoms with van der Waals surface area (Å²) in [5.41, 5.74) is 0.0694. The second kappa shape index (κ2) is 4.20. The van der Waals surface area contributed by atoms with Gasteiger partial charge in [0.15, 0.2) is 0 Å². The van der Waals surface area contributed by atoms with E-state index in [1.165, 1.54) is 13.3 Å². The lowest BCUT2D eigenvalue weighted by Gasteiger charge is -1.99. The summed E-state index contributed by atoms with van der Waals surface area (Å²) < 4.78 is 4.39. The van der Waals surface area contributed by atoms with Gasteiger partial charge in [0.05, 0.1) is 12.8 Å². The van der Waals surface area contributed by atoms with Crippen molar-refractivity contribution in [3.8, 4) is 0 Å². The Labute approximate surface area is 74.7 Å². The zero-order valence-corrected chi connectivity index (χ0v) is 6.97. The lowest BCUT2D eigenvalue weighted by Crippen LogP contribution is -2.18. The highest BCUT2D eigenvalue weighted by molar-refractivity contribution is 6.42. The molecule has 0 aromatic carbocycles. The van der Waals surface area contributed by atoms with Crippen LogP contribution in [0.3, 0.4) is 0 Å². The Balaban J connectivity index is 3.00. The van der Waals surface area contributed by atoms with E-state index >= 15 is 0 Å². The Kier molecular flexibility index (Phi) is 2.97. The summed E-state index contributed by atoms with van der Waals surface area (Å²) in [6, 6.07) is 4.91. The van der Waals surface area contributed by atoms with Gasteiger partial charge in [-0.1, -0.05) is 11.2 Å². The Bertz CT molecular complexity index is 321. The van der Waals surface area contributed by atoms with Crippen molar-refractivity contribution in [3.63, 3.8) is 0 Å². The van der Waals surface area contributed by atoms with Gasteiger partial charge in [-0.2, -0.15) is 0 Å². The molecule has 0 atom stereocenters. The molecule has 0 fully saturated rings. The molecule has 0 aliphatic heterocycles. The molecule has 1 aromatic heterocycles. The molecule has 68 valence electrons. The van der Waals surface area contributed by atoms with E-state index in [-0.39, 0.29) is 11.4 Å². The zero-order valence-electron chi connectivity index (χ0n) is 6.97. The minimum absolute atomic E-state index is 0.205. The number of hydrogen-bond acceptors (Lipinski definition) is 5. The van der Waals surface area contributed by atoms with Crippen LogP contribution in [0.1, 0.15) is 5.69 Å². The normalized spacial score (nSPS) is 11.0. The molecule has 5 heteroatoms. The summed E-state index contributed by atoms with van der Waals surface area (Å²) in [4.78, 5) is 14.8. The van der Waals surface area contributed by atoms with Gasteiger partial charge in [0.25, 0.3) is 0 Å². The van der Waals surface area contributed by atoms with Crippen LogP contribution in [0.5, 0.6) is 0 Å². The Morgan fingerprint density at radius 3 is 2.85 bits per heavy atom. The number of oxime groups is 1. The third kappa shape index (κ3) is 2.02. The Morgan fingerprint density at radius 1 is 1.62 bits per heavy atom. The molecule has 0 aliphatic rings. The highest BCUT2D eigenvalue weighted by Crippen LogP contribution is 1.97. The molecular weight excluding hydrogens is 172 g/mol. The fourth-order valence-electron chi connectivity index (χ4n) is 0.796. The van der Waals surface area contributed by atoms with Crippen LogP contribution in [-0.4, -0.2) is 29.0 Å². The van der Waals surface area contributed by atoms with Gasteiger partial charge in [0.2, 0.25) is 5.71 Å². The molecular formula is C8H8N2O3. The quantitative estimate of drug-likeness (QED) is 0.310. The Morgan fingerprint density at radius 2 is 2.38 bits per heavy atom. The van der Waals surface area contributed by atoms with Gasteiger partial charge in [-0.15, -0.1) is 0 Å². The third-order valence-electron chi connectivity index (χ3n) is 1.39. The molecule has 0 radical (unpaired) electrons. The summed E-state index contributed by atoms with van der Waals surface area (Å²) in [5, 5.41) is 11.3. The minimum atomic E-state index is -0.721. The van der Waals surface area contributed by atoms with Gasteiger partial charge in [0, 0.05) is 6.20 Å². The molecule has 1 heterocycles. The van der Waals surface area contributed by atoms with Gasteiger partial charge < -0.3 is 9.94 Å². The molecule has 0 aliphatic carbocycles. The molecule has 0 unspecified atom stereocenters. The van der Waals surface area contributed by atoms with Crippen molar-refractivity contribution in [1.82, 2.24) is 4.98 Å². The van der Waals surface area contributed by atoms with Crippen LogP contribution >= 0.6 is 0 Å². The summed E-state index contributed by atoms with van der Waals surface area (Å²) in [6.07, 6.45) is 1.49. The number of pyridine rings is 1. The number of aromatic nitrogens is 1. The Hall–Kier alpha value is -1.91. The van der Waals surface area contributed by atoms with Crippen LogP contribution in [0.15, 0.2) is 29.6 Å². The van der Waals surface area contributed by atoms with Crippen molar-refractivity contribution in [2.45, 2.75) is 0 Å². The van der Waals surface area contributed by atoms with Crippen LogP contribution < -0.4 is 0 Å². The summed E-state index contributed by atoms with van der Waals surface area (Å²) in [7, 11) is 1.20. The van der Waals surface area contributed by atoms with Gasteiger partial charge in [-0.3, -0.25) is 4.98 Å². The molecule has 1 rings (SSSR count). The van der Waals surface area contributed by atoms with Crippen molar-refractivity contribution >= 4 is 11.7 Å². The first-order valence-corrected chi connectivity index (χ1v) is 3.51. The van der Waals surface area contributed by atoms with E-state index in [0.29, 0.717) is 0 Å². The number of hydrogen-bond donors (Lipinski definition) is 1. The van der Waals surface area contributed by atoms with Crippen molar-refractivity contribution < 1.29 is 14.7 Å². The summed E-state index contributed by atoms with van der Waals surface area (Å²) in [6.45, 7) is 0. The van der Waals surface area contributed by atoms with Crippen LogP contribution in [-0.2, 0) is 9.53 Å². The number of ether oxygens (including phenoxy) is 1. The van der Waals surface area contributed by atoms with Crippen molar-refractivity contribution in [1.29, 1.82) is 0 Å². The number of methoxy groups -OCH3 is 1. The van der Waals surface area contributed by atoms with Crippen LogP contribution in [0.2, 0.25) is 0 Å². The van der Waals surface area contributed by atoms with E-state index in [1.54, 1.807) is 18.2 Å². The van der Waals surface area contributed by atoms with Gasteiger partial charge in [-0.05, 0) is 12.1 Å². The minimum Gasteiger partial charge on any atom is -0.464 e. The first-order chi connectivity index (χ1) is 6.29. The van der Waals surface area contributed by atoms with E-state index in [2.05, 4.69) is 14.9 Å². The second-order valence-corrected chi connectivity index (χ2v) is 2.16. The lowest BCUT2D eigenvalue weighted by molar-refractivity contribution is -0.132. The van der Waals surface area contributed by atoms with E-state index in [0.717, 1.165) is 0 Å². The van der Waals surface area contributed by atoms with Gasteiger partial charge in [-0.25, -0.2) is 4.79 Å². The maximum absolute atomic E-state index is 11.0. The average molecular weight is 180 g/mol. The van der Waals surface area contributed by atoms with Crippen LogP contribution in [0, 0.1) is 0 Å². The summed E-state index contributed by atoms with van der Waals surface area (Å²) >= 11 is 0. The largest absolute Gasteiger partial charge is 0.464 e. The molecule has 0 bridgehead atoms. The van der Waals surface area contributed by atoms with Crippen molar-refractivity contribution in [2.75, 3.05) is 7.11 Å². The fourth-order valence-corrected chi connectivity index (χ4v) is 0.796. The van der Waals surface area contributed by atoms with E-state index in [1.807, 2.05) is 0 Å². The molecule has 13 heavy (non-hydrogen) atoms. The van der Waals surface area contributed by atoms with Crippen molar-refractivity contribution in [2.24, 2.45) is 5.16 Å². The highest BCUT2D eigenvalue weighted by atomic mass is 16.5. The van der Waals surface area contributed by atoms with E-state index in [4.69, 9.17) is 5.21 Å². The number of esters is 1. The lowest BCUT2D eigenvalue weighted by atomic mass is 10.2. The van der Waals surface area contributed by atoms with Gasteiger partial charge >= 0.3 is 5.97 Å². The first kappa shape index (κ1) is 9.18. The maximum atomic E-state index is 11.0. The van der Waals surface area contributed by atoms with E-state index < -0.39 is 5.97 Å². The molecule has 0 amide bonds. The number of carbonyl (C=O) groups is 1. The van der Waals surface area contributed by atoms with Crippen LogP contribution in [0.25, 0.3) is 0 Å². The molecule has 5 nitrogen and oxygen atoms in total. The fraction of sp³-hybridized carbons (Fsp3) is 0.125. The number of carbonyl (C=O) groups excluding carboxylic acids is 1. The standard InChI is InChI=1S/C8H8N2O3/c1-13-8(11)7(10-12)6-4-2-3-5-9-6/h2-5,12H,1H3/b10-7+.